The van der Waals surface area contributed by atoms with E-state index < -0.39 is 27.3 Å². The standard InChI is InChI=1S/C17H22N2O4S/c1-11-9-13(10-24(11,22)23)18-16(20)14-7-8-15(19-17(14)21)12-5-3-2-4-6-12/h7-9,12-13H,2-6,10H2,1H3,(H,18,20)(H,19,21)/t13-/m1/s1. The van der Waals surface area contributed by atoms with Gasteiger partial charge in [0.15, 0.2) is 9.84 Å². The Bertz CT molecular complexity index is 832. The van der Waals surface area contributed by atoms with Crippen LogP contribution in [0.15, 0.2) is 27.9 Å². The number of carbonyl (C=O) groups is 1. The monoisotopic (exact) mass is 350 g/mol. The van der Waals surface area contributed by atoms with Crippen molar-refractivity contribution < 1.29 is 13.2 Å². The zero-order chi connectivity index (χ0) is 17.3. The molecule has 24 heavy (non-hydrogen) atoms. The highest BCUT2D eigenvalue weighted by atomic mass is 32.2. The summed E-state index contributed by atoms with van der Waals surface area (Å²) in [6.07, 6.45) is 7.20. The van der Waals surface area contributed by atoms with Crippen molar-refractivity contribution in [2.24, 2.45) is 0 Å². The van der Waals surface area contributed by atoms with Crippen molar-refractivity contribution in [1.82, 2.24) is 10.3 Å². The average molecular weight is 350 g/mol. The number of H-pyrrole nitrogens is 1. The van der Waals surface area contributed by atoms with Crippen molar-refractivity contribution in [2.45, 2.75) is 51.0 Å². The van der Waals surface area contributed by atoms with Crippen molar-refractivity contribution in [3.8, 4) is 0 Å². The molecule has 0 unspecified atom stereocenters. The van der Waals surface area contributed by atoms with Crippen LogP contribution in [0.2, 0.25) is 0 Å². The van der Waals surface area contributed by atoms with E-state index in [-0.39, 0.29) is 16.2 Å². The minimum absolute atomic E-state index is 0.0184. The number of allylic oxidation sites excluding steroid dienone is 1. The lowest BCUT2D eigenvalue weighted by Crippen LogP contribution is -2.38. The van der Waals surface area contributed by atoms with Crippen LogP contribution in [0, 0.1) is 0 Å². The van der Waals surface area contributed by atoms with Crippen molar-refractivity contribution in [1.29, 1.82) is 0 Å². The fourth-order valence-electron chi connectivity index (χ4n) is 3.45. The number of amides is 1. The number of aromatic nitrogens is 1. The Morgan fingerprint density at radius 3 is 2.50 bits per heavy atom. The highest BCUT2D eigenvalue weighted by Gasteiger charge is 2.29. The average Bonchev–Trinajstić information content (AvgIpc) is 2.80. The van der Waals surface area contributed by atoms with Crippen LogP contribution in [-0.4, -0.2) is 31.1 Å². The van der Waals surface area contributed by atoms with E-state index in [0.29, 0.717) is 5.92 Å². The van der Waals surface area contributed by atoms with Crippen LogP contribution in [0.5, 0.6) is 0 Å². The molecule has 0 saturated heterocycles. The van der Waals surface area contributed by atoms with E-state index >= 15 is 0 Å². The Morgan fingerprint density at radius 2 is 1.92 bits per heavy atom. The molecule has 0 bridgehead atoms. The molecule has 1 aromatic heterocycles. The molecule has 7 heteroatoms. The second-order valence-corrected chi connectivity index (χ2v) is 8.84. The smallest absolute Gasteiger partial charge is 0.261 e. The van der Waals surface area contributed by atoms with E-state index in [2.05, 4.69) is 10.3 Å². The quantitative estimate of drug-likeness (QED) is 0.869. The van der Waals surface area contributed by atoms with Gasteiger partial charge in [0.2, 0.25) is 0 Å². The van der Waals surface area contributed by atoms with Crippen molar-refractivity contribution in [3.05, 3.63) is 44.7 Å². The molecule has 1 aromatic rings. The van der Waals surface area contributed by atoms with Gasteiger partial charge in [0.1, 0.15) is 5.56 Å². The van der Waals surface area contributed by atoms with Gasteiger partial charge in [-0.1, -0.05) is 19.3 Å². The van der Waals surface area contributed by atoms with Crippen LogP contribution in [0.25, 0.3) is 0 Å². The second-order valence-electron chi connectivity index (χ2n) is 6.63. The minimum atomic E-state index is -3.27. The van der Waals surface area contributed by atoms with Gasteiger partial charge < -0.3 is 10.3 Å². The summed E-state index contributed by atoms with van der Waals surface area (Å²) in [6, 6.07) is 2.76. The van der Waals surface area contributed by atoms with Crippen LogP contribution in [0.4, 0.5) is 0 Å². The maximum atomic E-state index is 12.3. The molecule has 1 amide bonds. The molecule has 0 spiro atoms. The molecule has 6 nitrogen and oxygen atoms in total. The van der Waals surface area contributed by atoms with Gasteiger partial charge in [0.25, 0.3) is 11.5 Å². The van der Waals surface area contributed by atoms with Crippen molar-refractivity contribution in [2.75, 3.05) is 5.75 Å². The maximum Gasteiger partial charge on any atom is 0.261 e. The summed E-state index contributed by atoms with van der Waals surface area (Å²) >= 11 is 0. The maximum absolute atomic E-state index is 12.3. The Hall–Kier alpha value is -1.89. The molecule has 3 rings (SSSR count). The molecule has 2 heterocycles. The number of pyridine rings is 1. The van der Waals surface area contributed by atoms with Crippen LogP contribution in [0.3, 0.4) is 0 Å². The number of hydrogen-bond donors (Lipinski definition) is 2. The number of nitrogens with one attached hydrogen (secondary N) is 2. The van der Waals surface area contributed by atoms with Crippen LogP contribution >= 0.6 is 0 Å². The second kappa shape index (κ2) is 6.55. The lowest BCUT2D eigenvalue weighted by molar-refractivity contribution is 0.0946. The van der Waals surface area contributed by atoms with E-state index in [1.165, 1.54) is 25.5 Å². The summed E-state index contributed by atoms with van der Waals surface area (Å²) in [5, 5.41) is 2.61. The van der Waals surface area contributed by atoms with E-state index in [4.69, 9.17) is 0 Å². The summed E-state index contributed by atoms with van der Waals surface area (Å²) in [6.45, 7) is 1.51. The lowest BCUT2D eigenvalue weighted by Gasteiger charge is -2.21. The summed E-state index contributed by atoms with van der Waals surface area (Å²) < 4.78 is 23.4. The third kappa shape index (κ3) is 3.45. The van der Waals surface area contributed by atoms with E-state index in [1.807, 2.05) is 0 Å². The predicted octanol–water partition coefficient (Wildman–Crippen LogP) is 1.85. The SMILES string of the molecule is CC1=C[C@@H](NC(=O)c2ccc(C3CCCCC3)[nH]c2=O)CS1(=O)=O. The molecule has 0 aromatic carbocycles. The summed E-state index contributed by atoms with van der Waals surface area (Å²) in [5.41, 5.74) is 0.484. The number of sulfone groups is 1. The van der Waals surface area contributed by atoms with Crippen molar-refractivity contribution in [3.63, 3.8) is 0 Å². The first-order valence-corrected chi connectivity index (χ1v) is 9.97. The largest absolute Gasteiger partial charge is 0.345 e. The van der Waals surface area contributed by atoms with Gasteiger partial charge >= 0.3 is 0 Å². The summed E-state index contributed by atoms with van der Waals surface area (Å²) in [7, 11) is -3.27. The topological polar surface area (TPSA) is 96.1 Å². The Kier molecular flexibility index (Phi) is 4.62. The van der Waals surface area contributed by atoms with Gasteiger partial charge in [0, 0.05) is 10.6 Å². The molecule has 130 valence electrons. The van der Waals surface area contributed by atoms with Gasteiger partial charge in [-0.05, 0) is 43.9 Å². The normalized spacial score (nSPS) is 23.7. The van der Waals surface area contributed by atoms with Crippen LogP contribution in [0.1, 0.15) is 61.0 Å². The molecule has 1 aliphatic heterocycles. The first-order valence-electron chi connectivity index (χ1n) is 8.32. The lowest BCUT2D eigenvalue weighted by atomic mass is 9.86. The zero-order valence-corrected chi connectivity index (χ0v) is 14.5. The third-order valence-electron chi connectivity index (χ3n) is 4.86. The molecular weight excluding hydrogens is 328 g/mol. The van der Waals surface area contributed by atoms with Gasteiger partial charge in [0.05, 0.1) is 11.8 Å². The molecular formula is C17H22N2O4S. The Balaban J connectivity index is 1.73. The highest BCUT2D eigenvalue weighted by Crippen LogP contribution is 2.30. The number of aromatic amines is 1. The van der Waals surface area contributed by atoms with Gasteiger partial charge in [-0.2, -0.15) is 0 Å². The van der Waals surface area contributed by atoms with Crippen LogP contribution < -0.4 is 10.9 Å². The zero-order valence-electron chi connectivity index (χ0n) is 13.7. The first kappa shape index (κ1) is 17.0. The minimum Gasteiger partial charge on any atom is -0.345 e. The molecule has 2 N–H and O–H groups in total. The molecule has 2 aliphatic rings. The van der Waals surface area contributed by atoms with Crippen molar-refractivity contribution >= 4 is 15.7 Å². The fraction of sp³-hybridized carbons (Fsp3) is 0.529. The van der Waals surface area contributed by atoms with Crippen LogP contribution in [-0.2, 0) is 9.84 Å². The first-order chi connectivity index (χ1) is 11.4. The summed E-state index contributed by atoms with van der Waals surface area (Å²) in [4.78, 5) is 27.6. The molecule has 1 atom stereocenters. The van der Waals surface area contributed by atoms with E-state index in [9.17, 15) is 18.0 Å². The Labute approximate surface area is 141 Å². The molecule has 1 aliphatic carbocycles. The number of rotatable bonds is 3. The predicted molar refractivity (Wildman–Crippen MR) is 91.7 cm³/mol. The highest BCUT2D eigenvalue weighted by molar-refractivity contribution is 7.95. The molecule has 1 fully saturated rings. The van der Waals surface area contributed by atoms with E-state index in [0.717, 1.165) is 31.4 Å². The molecule has 0 radical (unpaired) electrons. The fourth-order valence-corrected chi connectivity index (χ4v) is 4.74. The number of hydrogen-bond acceptors (Lipinski definition) is 4. The van der Waals surface area contributed by atoms with Gasteiger partial charge in [-0.15, -0.1) is 0 Å². The summed E-state index contributed by atoms with van der Waals surface area (Å²) in [5.74, 6) is -0.338. The molecule has 1 saturated carbocycles. The number of carbonyl (C=O) groups excluding carboxylic acids is 1. The van der Waals surface area contributed by atoms with E-state index in [1.54, 1.807) is 6.07 Å². The van der Waals surface area contributed by atoms with Gasteiger partial charge in [-0.3, -0.25) is 9.59 Å². The Morgan fingerprint density at radius 1 is 1.21 bits per heavy atom. The van der Waals surface area contributed by atoms with Gasteiger partial charge in [-0.25, -0.2) is 8.42 Å². The third-order valence-corrected chi connectivity index (χ3v) is 6.78.